The number of fused-ring (bicyclic) bond motifs is 1. The molecule has 0 saturated heterocycles. The predicted octanol–water partition coefficient (Wildman–Crippen LogP) is 2.70. The number of aryl methyl sites for hydroxylation is 1. The van der Waals surface area contributed by atoms with Crippen LogP contribution in [-0.4, -0.2) is 12.7 Å². The fourth-order valence-corrected chi connectivity index (χ4v) is 2.14. The molecule has 1 heterocycles. The molecular weight excluding hydrogens is 275 g/mol. The van der Waals surface area contributed by atoms with Gasteiger partial charge in [0, 0.05) is 17.7 Å². The first-order chi connectivity index (χ1) is 10.0. The van der Waals surface area contributed by atoms with Crippen LogP contribution in [0.5, 0.6) is 11.5 Å². The number of nitrogen functional groups attached to an aromatic ring is 1. The van der Waals surface area contributed by atoms with Crippen LogP contribution in [0.3, 0.4) is 0 Å². The van der Waals surface area contributed by atoms with E-state index in [9.17, 15) is 9.18 Å². The Balaban J connectivity index is 1.88. The van der Waals surface area contributed by atoms with Crippen molar-refractivity contribution in [2.45, 2.75) is 6.92 Å². The van der Waals surface area contributed by atoms with Gasteiger partial charge in [0.2, 0.25) is 6.79 Å². The summed E-state index contributed by atoms with van der Waals surface area (Å²) in [6, 6.07) is 7.18. The van der Waals surface area contributed by atoms with Crippen molar-refractivity contribution in [3.63, 3.8) is 0 Å². The second-order valence-corrected chi connectivity index (χ2v) is 4.71. The van der Waals surface area contributed by atoms with E-state index >= 15 is 0 Å². The van der Waals surface area contributed by atoms with E-state index in [1.807, 2.05) is 0 Å². The maximum absolute atomic E-state index is 13.1. The summed E-state index contributed by atoms with van der Waals surface area (Å²) in [4.78, 5) is 12.2. The van der Waals surface area contributed by atoms with Gasteiger partial charge in [-0.2, -0.15) is 0 Å². The molecule has 0 spiro atoms. The number of nitrogens with two attached hydrogens (primary N) is 1. The lowest BCUT2D eigenvalue weighted by atomic mass is 10.1. The Kier molecular flexibility index (Phi) is 3.13. The SMILES string of the molecule is Cc1cc(F)ccc1C(=O)Nc1cc2c(cc1N)OCO2. The minimum absolute atomic E-state index is 0.128. The fraction of sp³-hybridized carbons (Fsp3) is 0.133. The molecule has 0 aliphatic carbocycles. The molecule has 5 nitrogen and oxygen atoms in total. The first kappa shape index (κ1) is 13.2. The Bertz CT molecular complexity index is 731. The number of benzene rings is 2. The molecule has 1 amide bonds. The van der Waals surface area contributed by atoms with Gasteiger partial charge in [0.15, 0.2) is 11.5 Å². The van der Waals surface area contributed by atoms with E-state index in [2.05, 4.69) is 5.32 Å². The van der Waals surface area contributed by atoms with Crippen LogP contribution in [0, 0.1) is 12.7 Å². The van der Waals surface area contributed by atoms with Gasteiger partial charge < -0.3 is 20.5 Å². The quantitative estimate of drug-likeness (QED) is 0.833. The smallest absolute Gasteiger partial charge is 0.255 e. The zero-order chi connectivity index (χ0) is 15.0. The standard InChI is InChI=1S/C15H13FN2O3/c1-8-4-9(16)2-3-10(8)15(19)18-12-6-14-13(5-11(12)17)20-7-21-14/h2-6H,7,17H2,1H3,(H,18,19). The highest BCUT2D eigenvalue weighted by molar-refractivity contribution is 6.06. The lowest BCUT2D eigenvalue weighted by molar-refractivity contribution is 0.102. The van der Waals surface area contributed by atoms with E-state index in [0.29, 0.717) is 34.0 Å². The van der Waals surface area contributed by atoms with Crippen molar-refractivity contribution in [1.29, 1.82) is 0 Å². The van der Waals surface area contributed by atoms with E-state index in [4.69, 9.17) is 15.2 Å². The molecule has 2 aromatic carbocycles. The molecule has 1 aliphatic rings. The number of carbonyl (C=O) groups is 1. The number of rotatable bonds is 2. The Morgan fingerprint density at radius 2 is 1.95 bits per heavy atom. The molecule has 0 saturated carbocycles. The molecule has 21 heavy (non-hydrogen) atoms. The van der Waals surface area contributed by atoms with E-state index in [1.54, 1.807) is 19.1 Å². The van der Waals surface area contributed by atoms with Crippen LogP contribution in [0.15, 0.2) is 30.3 Å². The second kappa shape index (κ2) is 4.97. The number of amides is 1. The van der Waals surface area contributed by atoms with Crippen molar-refractivity contribution in [3.05, 3.63) is 47.3 Å². The van der Waals surface area contributed by atoms with Gasteiger partial charge in [0.25, 0.3) is 5.91 Å². The average molecular weight is 288 g/mol. The molecule has 0 atom stereocenters. The van der Waals surface area contributed by atoms with Crippen LogP contribution >= 0.6 is 0 Å². The average Bonchev–Trinajstić information content (AvgIpc) is 2.86. The number of nitrogens with one attached hydrogen (secondary N) is 1. The highest BCUT2D eigenvalue weighted by atomic mass is 19.1. The third kappa shape index (κ3) is 2.47. The summed E-state index contributed by atoms with van der Waals surface area (Å²) >= 11 is 0. The van der Waals surface area contributed by atoms with Gasteiger partial charge in [-0.15, -0.1) is 0 Å². The van der Waals surface area contributed by atoms with E-state index in [0.717, 1.165) is 0 Å². The summed E-state index contributed by atoms with van der Waals surface area (Å²) < 4.78 is 23.5. The topological polar surface area (TPSA) is 73.6 Å². The molecule has 3 rings (SSSR count). The molecule has 0 radical (unpaired) electrons. The molecule has 6 heteroatoms. The minimum Gasteiger partial charge on any atom is -0.454 e. The third-order valence-electron chi connectivity index (χ3n) is 3.23. The second-order valence-electron chi connectivity index (χ2n) is 4.71. The maximum atomic E-state index is 13.1. The van der Waals surface area contributed by atoms with Gasteiger partial charge in [-0.3, -0.25) is 4.79 Å². The summed E-state index contributed by atoms with van der Waals surface area (Å²) in [5.41, 5.74) is 7.59. The van der Waals surface area contributed by atoms with Crippen molar-refractivity contribution < 1.29 is 18.7 Å². The summed E-state index contributed by atoms with van der Waals surface area (Å²) in [6.45, 7) is 1.80. The van der Waals surface area contributed by atoms with Crippen LogP contribution in [0.1, 0.15) is 15.9 Å². The predicted molar refractivity (Wildman–Crippen MR) is 76.1 cm³/mol. The Labute approximate surface area is 120 Å². The van der Waals surface area contributed by atoms with Gasteiger partial charge in [-0.05, 0) is 30.7 Å². The zero-order valence-electron chi connectivity index (χ0n) is 11.3. The van der Waals surface area contributed by atoms with Crippen LogP contribution in [-0.2, 0) is 0 Å². The summed E-state index contributed by atoms with van der Waals surface area (Å²) in [5, 5.41) is 2.69. The molecule has 3 N–H and O–H groups in total. The summed E-state index contributed by atoms with van der Waals surface area (Å²) in [6.07, 6.45) is 0. The third-order valence-corrected chi connectivity index (χ3v) is 3.23. The van der Waals surface area contributed by atoms with Gasteiger partial charge in [0.1, 0.15) is 5.82 Å². The highest BCUT2D eigenvalue weighted by Gasteiger charge is 2.18. The number of ether oxygens (including phenoxy) is 2. The van der Waals surface area contributed by atoms with Gasteiger partial charge in [-0.1, -0.05) is 0 Å². The fourth-order valence-electron chi connectivity index (χ4n) is 2.14. The minimum atomic E-state index is -0.383. The maximum Gasteiger partial charge on any atom is 0.255 e. The van der Waals surface area contributed by atoms with E-state index in [1.165, 1.54) is 18.2 Å². The van der Waals surface area contributed by atoms with Crippen LogP contribution in [0.2, 0.25) is 0 Å². The molecular formula is C15H13FN2O3. The number of carbonyl (C=O) groups excluding carboxylic acids is 1. The summed E-state index contributed by atoms with van der Waals surface area (Å²) in [7, 11) is 0. The monoisotopic (exact) mass is 288 g/mol. The van der Waals surface area contributed by atoms with Crippen molar-refractivity contribution in [3.8, 4) is 11.5 Å². The zero-order valence-corrected chi connectivity index (χ0v) is 11.3. The Morgan fingerprint density at radius 1 is 1.24 bits per heavy atom. The normalized spacial score (nSPS) is 12.3. The van der Waals surface area contributed by atoms with E-state index in [-0.39, 0.29) is 18.5 Å². The van der Waals surface area contributed by atoms with Crippen molar-refractivity contribution in [2.24, 2.45) is 0 Å². The van der Waals surface area contributed by atoms with Crippen molar-refractivity contribution in [2.75, 3.05) is 17.8 Å². The number of hydrogen-bond donors (Lipinski definition) is 2. The Morgan fingerprint density at radius 3 is 2.67 bits per heavy atom. The summed E-state index contributed by atoms with van der Waals surface area (Å²) in [5.74, 6) is 0.323. The molecule has 0 aromatic heterocycles. The number of halogens is 1. The number of anilines is 2. The largest absolute Gasteiger partial charge is 0.454 e. The first-order valence-electron chi connectivity index (χ1n) is 6.31. The first-order valence-corrected chi connectivity index (χ1v) is 6.31. The molecule has 108 valence electrons. The van der Waals surface area contributed by atoms with Gasteiger partial charge >= 0.3 is 0 Å². The molecule has 1 aliphatic heterocycles. The molecule has 2 aromatic rings. The Hall–Kier alpha value is -2.76. The highest BCUT2D eigenvalue weighted by Crippen LogP contribution is 2.38. The van der Waals surface area contributed by atoms with Gasteiger partial charge in [-0.25, -0.2) is 4.39 Å². The number of hydrogen-bond acceptors (Lipinski definition) is 4. The van der Waals surface area contributed by atoms with E-state index < -0.39 is 0 Å². The lowest BCUT2D eigenvalue weighted by Crippen LogP contribution is -2.14. The van der Waals surface area contributed by atoms with Crippen LogP contribution in [0.25, 0.3) is 0 Å². The molecule has 0 bridgehead atoms. The molecule has 0 fully saturated rings. The lowest BCUT2D eigenvalue weighted by Gasteiger charge is -2.11. The van der Waals surface area contributed by atoms with Crippen molar-refractivity contribution in [1.82, 2.24) is 0 Å². The van der Waals surface area contributed by atoms with Crippen LogP contribution in [0.4, 0.5) is 15.8 Å². The van der Waals surface area contributed by atoms with Gasteiger partial charge in [0.05, 0.1) is 11.4 Å². The molecule has 0 unspecified atom stereocenters. The van der Waals surface area contributed by atoms with Crippen LogP contribution < -0.4 is 20.5 Å². The van der Waals surface area contributed by atoms with Crippen molar-refractivity contribution >= 4 is 17.3 Å².